The van der Waals surface area contributed by atoms with Crippen LogP contribution in [0.2, 0.25) is 0 Å². The summed E-state index contributed by atoms with van der Waals surface area (Å²) in [6.45, 7) is 8.79. The third kappa shape index (κ3) is 10.7. The standard InChI is InChI=1S/C36H54N6O7S/c1-35(2,3)41-33(45)28-19-25-14-10-11-15-26(25)21-42(28)22-29(43)27(18-24-12-8-7-9-13-24)39-34(46)32(36(4,5)50(6,47)48)40-30(44)23-49-31-20-37-16-17-38-31/h7-9,12-13,16-17,20,25-29,32,43H,10-11,14-15,18-19,21-23H2,1-6H3,(H,39,46)(H,40,44)(H,41,45)/t25-,26+,27?,28?,29?,32+/m0/s1. The minimum atomic E-state index is -3.89. The quantitative estimate of drug-likeness (QED) is 0.226. The van der Waals surface area contributed by atoms with Gasteiger partial charge in [0.05, 0.1) is 29.1 Å². The van der Waals surface area contributed by atoms with Gasteiger partial charge in [0.2, 0.25) is 17.7 Å². The third-order valence-electron chi connectivity index (χ3n) is 9.92. The van der Waals surface area contributed by atoms with Crippen molar-refractivity contribution in [2.75, 3.05) is 26.0 Å². The first-order chi connectivity index (χ1) is 23.4. The second-order valence-corrected chi connectivity index (χ2v) is 17.9. The van der Waals surface area contributed by atoms with E-state index in [0.717, 1.165) is 37.5 Å². The molecule has 2 aliphatic rings. The molecule has 1 saturated carbocycles. The summed E-state index contributed by atoms with van der Waals surface area (Å²) in [5.41, 5.74) is 0.408. The third-order valence-corrected chi connectivity index (χ3v) is 12.1. The Labute approximate surface area is 296 Å². The molecule has 1 saturated heterocycles. The van der Waals surface area contributed by atoms with Gasteiger partial charge in [-0.25, -0.2) is 13.4 Å². The second-order valence-electron chi connectivity index (χ2n) is 15.3. The van der Waals surface area contributed by atoms with Crippen molar-refractivity contribution < 1.29 is 32.6 Å². The molecule has 50 heavy (non-hydrogen) atoms. The summed E-state index contributed by atoms with van der Waals surface area (Å²) in [5.74, 6) is -0.663. The lowest BCUT2D eigenvalue weighted by atomic mass is 9.72. The fourth-order valence-corrected chi connectivity index (χ4v) is 7.48. The highest BCUT2D eigenvalue weighted by atomic mass is 32.2. The molecular formula is C36H54N6O7S. The number of nitrogens with zero attached hydrogens (tertiary/aromatic N) is 3. The predicted octanol–water partition coefficient (Wildman–Crippen LogP) is 2.05. The summed E-state index contributed by atoms with van der Waals surface area (Å²) in [6.07, 6.45) is 9.38. The fourth-order valence-electron chi connectivity index (χ4n) is 6.88. The number of amides is 3. The molecule has 2 heterocycles. The number of benzene rings is 1. The average Bonchev–Trinajstić information content (AvgIpc) is 3.05. The van der Waals surface area contributed by atoms with Crippen molar-refractivity contribution in [3.8, 4) is 5.88 Å². The maximum absolute atomic E-state index is 14.1. The molecule has 4 N–H and O–H groups in total. The number of sulfone groups is 1. The molecule has 276 valence electrons. The molecule has 13 nitrogen and oxygen atoms in total. The molecule has 1 aliphatic heterocycles. The van der Waals surface area contributed by atoms with Crippen LogP contribution in [0.25, 0.3) is 0 Å². The number of hydrogen-bond donors (Lipinski definition) is 4. The van der Waals surface area contributed by atoms with Gasteiger partial charge in [-0.3, -0.25) is 24.3 Å². The number of hydrogen-bond acceptors (Lipinski definition) is 10. The first-order valence-corrected chi connectivity index (χ1v) is 19.3. The van der Waals surface area contributed by atoms with E-state index < -0.39 is 62.8 Å². The lowest BCUT2D eigenvalue weighted by Crippen LogP contribution is -2.64. The van der Waals surface area contributed by atoms with E-state index >= 15 is 0 Å². The maximum Gasteiger partial charge on any atom is 0.258 e. The van der Waals surface area contributed by atoms with Gasteiger partial charge in [0.1, 0.15) is 6.04 Å². The van der Waals surface area contributed by atoms with E-state index in [-0.39, 0.29) is 24.8 Å². The van der Waals surface area contributed by atoms with E-state index in [9.17, 15) is 27.9 Å². The van der Waals surface area contributed by atoms with Crippen molar-refractivity contribution in [3.63, 3.8) is 0 Å². The van der Waals surface area contributed by atoms with Crippen LogP contribution in [-0.2, 0) is 30.6 Å². The maximum atomic E-state index is 14.1. The summed E-state index contributed by atoms with van der Waals surface area (Å²) in [7, 11) is -3.89. The Bertz CT molecular complexity index is 1550. The first-order valence-electron chi connectivity index (χ1n) is 17.4. The van der Waals surface area contributed by atoms with Gasteiger partial charge < -0.3 is 25.8 Å². The van der Waals surface area contributed by atoms with Gasteiger partial charge >= 0.3 is 0 Å². The molecule has 1 aromatic carbocycles. The lowest BCUT2D eigenvalue weighted by molar-refractivity contribution is -0.133. The van der Waals surface area contributed by atoms with Crippen molar-refractivity contribution in [1.82, 2.24) is 30.8 Å². The van der Waals surface area contributed by atoms with Gasteiger partial charge in [-0.1, -0.05) is 49.6 Å². The van der Waals surface area contributed by atoms with Gasteiger partial charge in [0.15, 0.2) is 16.4 Å². The number of fused-ring (bicyclic) bond motifs is 1. The number of β-amino-alcohol motifs (C(OH)–C–C–N with tert-alkyl or cyclic N) is 1. The lowest BCUT2D eigenvalue weighted by Gasteiger charge is -2.47. The van der Waals surface area contributed by atoms with Crippen LogP contribution in [0.3, 0.4) is 0 Å². The molecule has 6 atom stereocenters. The van der Waals surface area contributed by atoms with Gasteiger partial charge in [0, 0.05) is 37.3 Å². The molecule has 2 fully saturated rings. The molecular weight excluding hydrogens is 660 g/mol. The van der Waals surface area contributed by atoms with E-state index in [4.69, 9.17) is 4.74 Å². The average molecular weight is 715 g/mol. The molecule has 14 heteroatoms. The molecule has 1 aliphatic carbocycles. The Kier molecular flexibility index (Phi) is 13.0. The Morgan fingerprint density at radius 1 is 1.02 bits per heavy atom. The number of likely N-dealkylation sites (tertiary alicyclic amines) is 1. The minimum absolute atomic E-state index is 0.0845. The first kappa shape index (κ1) is 39.2. The topological polar surface area (TPSA) is 180 Å². The van der Waals surface area contributed by atoms with Gasteiger partial charge in [-0.15, -0.1) is 0 Å². The van der Waals surface area contributed by atoms with Crippen molar-refractivity contribution in [1.29, 1.82) is 0 Å². The Morgan fingerprint density at radius 3 is 2.32 bits per heavy atom. The molecule has 0 bridgehead atoms. The van der Waals surface area contributed by atoms with Crippen molar-refractivity contribution >= 4 is 27.6 Å². The molecule has 0 spiro atoms. The number of aliphatic hydroxyl groups is 1. The summed E-state index contributed by atoms with van der Waals surface area (Å²) in [4.78, 5) is 50.7. The van der Waals surface area contributed by atoms with E-state index in [0.29, 0.717) is 24.8 Å². The minimum Gasteiger partial charge on any atom is -0.466 e. The molecule has 3 unspecified atom stereocenters. The zero-order valence-electron chi connectivity index (χ0n) is 30.1. The number of piperidine rings is 1. The number of carbonyl (C=O) groups excluding carboxylic acids is 3. The van der Waals surface area contributed by atoms with Crippen LogP contribution in [0, 0.1) is 11.8 Å². The number of nitrogens with one attached hydrogen (secondary N) is 3. The van der Waals surface area contributed by atoms with Gasteiger partial charge in [0.25, 0.3) is 5.91 Å². The number of rotatable bonds is 14. The Balaban J connectivity index is 1.58. The summed E-state index contributed by atoms with van der Waals surface area (Å²) in [6, 6.07) is 6.47. The van der Waals surface area contributed by atoms with E-state index in [1.54, 1.807) is 0 Å². The highest BCUT2D eigenvalue weighted by Crippen LogP contribution is 2.39. The van der Waals surface area contributed by atoms with Crippen LogP contribution in [0.5, 0.6) is 5.88 Å². The number of aromatic nitrogens is 2. The molecule has 1 aromatic heterocycles. The smallest absolute Gasteiger partial charge is 0.258 e. The van der Waals surface area contributed by atoms with Crippen molar-refractivity contribution in [3.05, 3.63) is 54.5 Å². The fraction of sp³-hybridized carbons (Fsp3) is 0.639. The van der Waals surface area contributed by atoms with Crippen LogP contribution in [-0.4, -0.2) is 107 Å². The van der Waals surface area contributed by atoms with E-state index in [1.807, 2.05) is 56.0 Å². The van der Waals surface area contributed by atoms with Crippen LogP contribution in [0.1, 0.15) is 72.3 Å². The SMILES string of the molecule is CC(C)(C)NC(=O)C1C[C@@H]2CCCC[C@@H]2CN1CC(O)C(Cc1ccccc1)NC(=O)[C@@H](NC(=O)COc1cnccn1)C(C)(C)S(C)(=O)=O. The number of ether oxygens (including phenoxy) is 1. The van der Waals surface area contributed by atoms with Crippen LogP contribution in [0.4, 0.5) is 0 Å². The van der Waals surface area contributed by atoms with E-state index in [1.165, 1.54) is 32.4 Å². The number of carbonyl (C=O) groups is 3. The molecule has 2 aromatic rings. The Hall–Kier alpha value is -3.62. The summed E-state index contributed by atoms with van der Waals surface area (Å²) in [5, 5.41) is 20.5. The summed E-state index contributed by atoms with van der Waals surface area (Å²) >= 11 is 0. The zero-order chi connectivity index (χ0) is 36.7. The number of aliphatic hydroxyl groups excluding tert-OH is 1. The Morgan fingerprint density at radius 2 is 1.70 bits per heavy atom. The molecule has 3 amide bonds. The predicted molar refractivity (Wildman–Crippen MR) is 190 cm³/mol. The second kappa shape index (κ2) is 16.6. The van der Waals surface area contributed by atoms with Crippen molar-refractivity contribution in [2.45, 2.75) is 108 Å². The largest absolute Gasteiger partial charge is 0.466 e. The van der Waals surface area contributed by atoms with Crippen LogP contribution < -0.4 is 20.7 Å². The van der Waals surface area contributed by atoms with Crippen molar-refractivity contribution in [2.24, 2.45) is 11.8 Å². The van der Waals surface area contributed by atoms with Gasteiger partial charge in [-0.05, 0) is 71.3 Å². The highest BCUT2D eigenvalue weighted by Gasteiger charge is 2.46. The monoisotopic (exact) mass is 714 g/mol. The van der Waals surface area contributed by atoms with Gasteiger partial charge in [-0.2, -0.15) is 0 Å². The highest BCUT2D eigenvalue weighted by molar-refractivity contribution is 7.92. The molecule has 0 radical (unpaired) electrons. The normalized spacial score (nSPS) is 21.9. The zero-order valence-corrected chi connectivity index (χ0v) is 30.9. The van der Waals surface area contributed by atoms with Crippen LogP contribution in [0.15, 0.2) is 48.9 Å². The molecule has 4 rings (SSSR count). The van der Waals surface area contributed by atoms with Crippen LogP contribution >= 0.6 is 0 Å². The summed E-state index contributed by atoms with van der Waals surface area (Å²) < 4.78 is 29.6. The van der Waals surface area contributed by atoms with E-state index in [2.05, 4.69) is 25.9 Å².